The molecule has 2 aromatic rings. The molecule has 0 spiro atoms. The highest BCUT2D eigenvalue weighted by Crippen LogP contribution is 2.14. The fourth-order valence-electron chi connectivity index (χ4n) is 2.28. The van der Waals surface area contributed by atoms with Crippen molar-refractivity contribution in [2.75, 3.05) is 13.2 Å². The molecule has 1 heterocycles. The van der Waals surface area contributed by atoms with Crippen LogP contribution in [0, 0.1) is 0 Å². The molecule has 29 heavy (non-hydrogen) atoms. The highest BCUT2D eigenvalue weighted by atomic mass is 16.5. The molecule has 0 fully saturated rings. The van der Waals surface area contributed by atoms with Crippen molar-refractivity contribution < 1.29 is 28.6 Å². The largest absolute Gasteiger partial charge is 0.494 e. The summed E-state index contributed by atoms with van der Waals surface area (Å²) in [6, 6.07) is 9.84. The van der Waals surface area contributed by atoms with Gasteiger partial charge in [-0.3, -0.25) is 14.4 Å². The van der Waals surface area contributed by atoms with Gasteiger partial charge < -0.3 is 24.9 Å². The first-order valence-corrected chi connectivity index (χ1v) is 9.29. The Morgan fingerprint density at radius 1 is 1.17 bits per heavy atom. The Balaban J connectivity index is 2.06. The summed E-state index contributed by atoms with van der Waals surface area (Å²) in [7, 11) is 0. The van der Waals surface area contributed by atoms with Gasteiger partial charge in [0, 0.05) is 18.2 Å². The number of unbranched alkanes of at least 4 members (excludes halogenated alkanes) is 1. The molecule has 0 saturated carbocycles. The van der Waals surface area contributed by atoms with E-state index < -0.39 is 17.8 Å². The number of carbonyl (C=O) groups is 3. The lowest BCUT2D eigenvalue weighted by molar-refractivity contribution is -0.136. The monoisotopic (exact) mass is 400 g/mol. The van der Waals surface area contributed by atoms with Crippen LogP contribution in [0.5, 0.6) is 5.75 Å². The lowest BCUT2D eigenvalue weighted by atomic mass is 10.2. The maximum Gasteiger partial charge on any atom is 0.305 e. The van der Waals surface area contributed by atoms with Gasteiger partial charge in [-0.05, 0) is 42.8 Å². The second kappa shape index (κ2) is 11.3. The summed E-state index contributed by atoms with van der Waals surface area (Å²) in [6.07, 6.45) is 4.55. The highest BCUT2D eigenvalue weighted by Gasteiger charge is 2.15. The number of carbonyl (C=O) groups excluding carboxylic acids is 2. The molecule has 2 amide bonds. The fourth-order valence-corrected chi connectivity index (χ4v) is 2.28. The molecular weight excluding hydrogens is 376 g/mol. The third-order valence-electron chi connectivity index (χ3n) is 3.83. The second-order valence-corrected chi connectivity index (χ2v) is 6.15. The van der Waals surface area contributed by atoms with Crippen molar-refractivity contribution in [3.05, 3.63) is 59.7 Å². The summed E-state index contributed by atoms with van der Waals surface area (Å²) in [4.78, 5) is 35.5. The van der Waals surface area contributed by atoms with Crippen molar-refractivity contribution in [2.45, 2.75) is 26.2 Å². The number of carboxylic acid groups (broad SMARTS) is 1. The van der Waals surface area contributed by atoms with Crippen LogP contribution in [0.25, 0.3) is 6.08 Å². The Morgan fingerprint density at radius 2 is 1.93 bits per heavy atom. The second-order valence-electron chi connectivity index (χ2n) is 6.15. The number of ether oxygens (including phenoxy) is 1. The normalized spacial score (nSPS) is 11.0. The smallest absolute Gasteiger partial charge is 0.305 e. The highest BCUT2D eigenvalue weighted by molar-refractivity contribution is 6.05. The van der Waals surface area contributed by atoms with Crippen molar-refractivity contribution in [1.29, 1.82) is 0 Å². The number of nitrogens with one attached hydrogen (secondary N) is 2. The van der Waals surface area contributed by atoms with Crippen LogP contribution in [-0.2, 0) is 9.59 Å². The van der Waals surface area contributed by atoms with Crippen LogP contribution in [0.3, 0.4) is 0 Å². The molecule has 1 aromatic heterocycles. The van der Waals surface area contributed by atoms with Gasteiger partial charge in [0.1, 0.15) is 17.2 Å². The Bertz CT molecular complexity index is 841. The molecule has 0 aliphatic rings. The summed E-state index contributed by atoms with van der Waals surface area (Å²) in [5, 5.41) is 13.7. The molecule has 1 aromatic carbocycles. The predicted octanol–water partition coefficient (Wildman–Crippen LogP) is 2.82. The van der Waals surface area contributed by atoms with E-state index in [-0.39, 0.29) is 18.7 Å². The van der Waals surface area contributed by atoms with Gasteiger partial charge in [0.15, 0.2) is 0 Å². The van der Waals surface area contributed by atoms with E-state index in [1.54, 1.807) is 36.4 Å². The fraction of sp³-hybridized carbons (Fsp3) is 0.286. The summed E-state index contributed by atoms with van der Waals surface area (Å²) in [6.45, 7) is 2.61. The minimum Gasteiger partial charge on any atom is -0.494 e. The van der Waals surface area contributed by atoms with Crippen molar-refractivity contribution >= 4 is 23.9 Å². The minimum absolute atomic E-state index is 0.0568. The SMILES string of the molecule is CCCCOc1ccc(C(=O)N/C(=C\c2ccco2)C(=O)NCCC(=O)O)cc1. The van der Waals surface area contributed by atoms with E-state index >= 15 is 0 Å². The number of aliphatic carboxylic acids is 1. The number of hydrogen-bond donors (Lipinski definition) is 3. The first-order valence-electron chi connectivity index (χ1n) is 9.29. The molecule has 0 atom stereocenters. The first-order chi connectivity index (χ1) is 14.0. The maximum atomic E-state index is 12.5. The van der Waals surface area contributed by atoms with Gasteiger partial charge in [0.25, 0.3) is 11.8 Å². The van der Waals surface area contributed by atoms with E-state index in [1.807, 2.05) is 0 Å². The minimum atomic E-state index is -1.04. The Kier molecular flexibility index (Phi) is 8.50. The van der Waals surface area contributed by atoms with E-state index in [0.717, 1.165) is 12.8 Å². The van der Waals surface area contributed by atoms with Crippen molar-refractivity contribution in [2.24, 2.45) is 0 Å². The van der Waals surface area contributed by atoms with Crippen LogP contribution in [-0.4, -0.2) is 36.0 Å². The van der Waals surface area contributed by atoms with E-state index in [0.29, 0.717) is 23.7 Å². The van der Waals surface area contributed by atoms with E-state index in [1.165, 1.54) is 12.3 Å². The number of furan rings is 1. The molecule has 8 heteroatoms. The summed E-state index contributed by atoms with van der Waals surface area (Å²) in [5.74, 6) is -1.11. The van der Waals surface area contributed by atoms with Crippen molar-refractivity contribution in [3.8, 4) is 5.75 Å². The molecular formula is C21H24N2O6. The third kappa shape index (κ3) is 7.53. The predicted molar refractivity (Wildman–Crippen MR) is 106 cm³/mol. The number of hydrogen-bond acceptors (Lipinski definition) is 5. The van der Waals surface area contributed by atoms with Gasteiger partial charge >= 0.3 is 5.97 Å². The van der Waals surface area contributed by atoms with E-state index in [4.69, 9.17) is 14.3 Å². The van der Waals surface area contributed by atoms with Crippen LogP contribution >= 0.6 is 0 Å². The summed E-state index contributed by atoms with van der Waals surface area (Å²) < 4.78 is 10.8. The molecule has 3 N–H and O–H groups in total. The van der Waals surface area contributed by atoms with Crippen molar-refractivity contribution in [3.63, 3.8) is 0 Å². The summed E-state index contributed by atoms with van der Waals surface area (Å²) >= 11 is 0. The number of carboxylic acids is 1. The van der Waals surface area contributed by atoms with Gasteiger partial charge in [-0.25, -0.2) is 0 Å². The van der Waals surface area contributed by atoms with E-state index in [2.05, 4.69) is 17.6 Å². The van der Waals surface area contributed by atoms with E-state index in [9.17, 15) is 14.4 Å². The van der Waals surface area contributed by atoms with Gasteiger partial charge in [-0.2, -0.15) is 0 Å². The number of benzene rings is 1. The molecule has 0 bridgehead atoms. The molecule has 2 rings (SSSR count). The maximum absolute atomic E-state index is 12.5. The standard InChI is InChI=1S/C21H24N2O6/c1-2-3-12-28-16-8-6-15(7-9-16)20(26)23-18(14-17-5-4-13-29-17)21(27)22-11-10-19(24)25/h4-9,13-14H,2-3,10-12H2,1H3,(H,22,27)(H,23,26)(H,24,25)/b18-14-. The number of amides is 2. The molecule has 8 nitrogen and oxygen atoms in total. The zero-order chi connectivity index (χ0) is 21.1. The molecule has 0 aliphatic heterocycles. The van der Waals surface area contributed by atoms with Crippen LogP contribution in [0.2, 0.25) is 0 Å². The molecule has 154 valence electrons. The quantitative estimate of drug-likeness (QED) is 0.394. The topological polar surface area (TPSA) is 118 Å². The molecule has 0 aliphatic carbocycles. The molecule has 0 radical (unpaired) electrons. The van der Waals surface area contributed by atoms with Crippen LogP contribution in [0.4, 0.5) is 0 Å². The third-order valence-corrected chi connectivity index (χ3v) is 3.83. The zero-order valence-corrected chi connectivity index (χ0v) is 16.1. The lowest BCUT2D eigenvalue weighted by Crippen LogP contribution is -2.35. The molecule has 0 unspecified atom stereocenters. The van der Waals surface area contributed by atoms with Crippen LogP contribution in [0.1, 0.15) is 42.3 Å². The Morgan fingerprint density at radius 3 is 2.55 bits per heavy atom. The average molecular weight is 400 g/mol. The Hall–Kier alpha value is -3.55. The lowest BCUT2D eigenvalue weighted by Gasteiger charge is -2.11. The summed E-state index contributed by atoms with van der Waals surface area (Å²) in [5.41, 5.74) is 0.287. The van der Waals surface area contributed by atoms with Crippen LogP contribution < -0.4 is 15.4 Å². The Labute approximate surface area is 168 Å². The van der Waals surface area contributed by atoms with Gasteiger partial charge in [-0.15, -0.1) is 0 Å². The van der Waals surface area contributed by atoms with Crippen LogP contribution in [0.15, 0.2) is 52.8 Å². The zero-order valence-electron chi connectivity index (χ0n) is 16.1. The van der Waals surface area contributed by atoms with Gasteiger partial charge in [0.05, 0.1) is 19.3 Å². The van der Waals surface area contributed by atoms with Gasteiger partial charge in [-0.1, -0.05) is 13.3 Å². The number of rotatable bonds is 11. The molecule has 0 saturated heterocycles. The van der Waals surface area contributed by atoms with Crippen molar-refractivity contribution in [1.82, 2.24) is 10.6 Å². The average Bonchev–Trinajstić information content (AvgIpc) is 3.21. The van der Waals surface area contributed by atoms with Gasteiger partial charge in [0.2, 0.25) is 0 Å². The first kappa shape index (κ1) is 21.7.